The summed E-state index contributed by atoms with van der Waals surface area (Å²) in [4.78, 5) is 0. The van der Waals surface area contributed by atoms with Crippen molar-refractivity contribution in [3.05, 3.63) is 0 Å². The Morgan fingerprint density at radius 3 is 2.33 bits per heavy atom. The van der Waals surface area contributed by atoms with Crippen molar-refractivity contribution in [2.45, 2.75) is 37.5 Å². The fraction of sp³-hybridized carbons (Fsp3) is 1.00. The van der Waals surface area contributed by atoms with E-state index < -0.39 is 10.1 Å². The maximum Gasteiger partial charge on any atom is 0.271 e. The molecular formula is C8H12O3S. The van der Waals surface area contributed by atoms with Gasteiger partial charge in [-0.05, 0) is 25.7 Å². The van der Waals surface area contributed by atoms with Gasteiger partial charge in [0.1, 0.15) is 0 Å². The van der Waals surface area contributed by atoms with Crippen LogP contribution in [0, 0.1) is 11.3 Å². The Hall–Kier alpha value is -0.0900. The Kier molecular flexibility index (Phi) is 0.903. The molecular weight excluding hydrogens is 176 g/mol. The van der Waals surface area contributed by atoms with E-state index in [1.54, 1.807) is 0 Å². The molecule has 3 nitrogen and oxygen atoms in total. The molecule has 4 aliphatic rings. The monoisotopic (exact) mass is 188 g/mol. The number of rotatable bonds is 0. The third kappa shape index (κ3) is 0.470. The lowest BCUT2D eigenvalue weighted by molar-refractivity contribution is 0.0326. The molecule has 4 fully saturated rings. The van der Waals surface area contributed by atoms with Gasteiger partial charge in [0.2, 0.25) is 0 Å². The first-order valence-electron chi connectivity index (χ1n) is 4.34. The zero-order valence-electron chi connectivity index (χ0n) is 7.20. The second-order valence-electron chi connectivity index (χ2n) is 4.81. The van der Waals surface area contributed by atoms with E-state index in [0.29, 0.717) is 5.92 Å². The molecule has 12 heavy (non-hydrogen) atoms. The van der Waals surface area contributed by atoms with E-state index in [0.717, 1.165) is 12.8 Å². The van der Waals surface area contributed by atoms with Crippen molar-refractivity contribution in [2.75, 3.05) is 0 Å². The van der Waals surface area contributed by atoms with Crippen LogP contribution in [-0.4, -0.2) is 19.3 Å². The van der Waals surface area contributed by atoms with Crippen LogP contribution in [0.3, 0.4) is 0 Å². The molecule has 0 spiro atoms. The largest absolute Gasteiger partial charge is 0.271 e. The van der Waals surface area contributed by atoms with E-state index in [-0.39, 0.29) is 16.3 Å². The molecule has 4 rings (SSSR count). The predicted molar refractivity (Wildman–Crippen MR) is 43.0 cm³/mol. The lowest BCUT2D eigenvalue weighted by Gasteiger charge is -2.40. The molecule has 4 atom stereocenters. The van der Waals surface area contributed by atoms with Crippen LogP contribution in [0.15, 0.2) is 0 Å². The predicted octanol–water partition coefficient (Wildman–Crippen LogP) is 0.904. The number of hydrogen-bond acceptors (Lipinski definition) is 3. The minimum Gasteiger partial charge on any atom is -0.263 e. The quantitative estimate of drug-likeness (QED) is 0.530. The van der Waals surface area contributed by atoms with Crippen molar-refractivity contribution >= 4 is 10.1 Å². The van der Waals surface area contributed by atoms with Gasteiger partial charge in [-0.25, -0.2) is 0 Å². The summed E-state index contributed by atoms with van der Waals surface area (Å²) in [7, 11) is -3.20. The molecule has 1 aliphatic heterocycles. The second kappa shape index (κ2) is 1.48. The van der Waals surface area contributed by atoms with Crippen LogP contribution in [0.2, 0.25) is 0 Å². The first kappa shape index (κ1) is 7.33. The van der Waals surface area contributed by atoms with E-state index in [9.17, 15) is 8.42 Å². The van der Waals surface area contributed by atoms with Gasteiger partial charge in [0.15, 0.2) is 0 Å². The SMILES string of the molecule is CC12CC3CC1(C)C3S(=O)(=O)O2. The Morgan fingerprint density at radius 2 is 2.00 bits per heavy atom. The lowest BCUT2D eigenvalue weighted by atomic mass is 9.67. The third-order valence-electron chi connectivity index (χ3n) is 4.21. The van der Waals surface area contributed by atoms with E-state index in [2.05, 4.69) is 0 Å². The van der Waals surface area contributed by atoms with Crippen LogP contribution in [0.1, 0.15) is 26.7 Å². The summed E-state index contributed by atoms with van der Waals surface area (Å²) in [6, 6.07) is 0. The van der Waals surface area contributed by atoms with Crippen molar-refractivity contribution in [3.8, 4) is 0 Å². The molecule has 0 radical (unpaired) electrons. The average Bonchev–Trinajstić information content (AvgIpc) is 2.13. The van der Waals surface area contributed by atoms with Crippen molar-refractivity contribution in [3.63, 3.8) is 0 Å². The summed E-state index contributed by atoms with van der Waals surface area (Å²) < 4.78 is 28.1. The molecule has 4 bridgehead atoms. The average molecular weight is 188 g/mol. The first-order chi connectivity index (χ1) is 5.39. The van der Waals surface area contributed by atoms with Crippen LogP contribution in [0.25, 0.3) is 0 Å². The minimum atomic E-state index is -3.20. The minimum absolute atomic E-state index is 0.0729. The maximum absolute atomic E-state index is 11.5. The topological polar surface area (TPSA) is 43.4 Å². The highest BCUT2D eigenvalue weighted by atomic mass is 32.2. The fourth-order valence-electron chi connectivity index (χ4n) is 3.55. The number of hydrogen-bond donors (Lipinski definition) is 0. The zero-order valence-corrected chi connectivity index (χ0v) is 8.02. The van der Waals surface area contributed by atoms with E-state index in [1.807, 2.05) is 13.8 Å². The van der Waals surface area contributed by atoms with Gasteiger partial charge in [0.05, 0.1) is 10.9 Å². The van der Waals surface area contributed by atoms with Gasteiger partial charge < -0.3 is 0 Å². The summed E-state index contributed by atoms with van der Waals surface area (Å²) >= 11 is 0. The molecule has 1 saturated heterocycles. The second-order valence-corrected chi connectivity index (χ2v) is 6.47. The van der Waals surface area contributed by atoms with Crippen molar-refractivity contribution < 1.29 is 12.6 Å². The third-order valence-corrected chi connectivity index (χ3v) is 6.34. The fourth-order valence-corrected chi connectivity index (χ4v) is 6.07. The molecule has 0 amide bonds. The van der Waals surface area contributed by atoms with E-state index in [4.69, 9.17) is 4.18 Å². The van der Waals surface area contributed by atoms with Gasteiger partial charge in [-0.3, -0.25) is 4.18 Å². The Morgan fingerprint density at radius 1 is 1.33 bits per heavy atom. The molecule has 4 heteroatoms. The summed E-state index contributed by atoms with van der Waals surface area (Å²) in [5.41, 5.74) is -0.447. The van der Waals surface area contributed by atoms with Gasteiger partial charge in [-0.1, -0.05) is 6.92 Å². The molecule has 0 N–H and O–H groups in total. The van der Waals surface area contributed by atoms with Gasteiger partial charge in [0, 0.05) is 5.41 Å². The van der Waals surface area contributed by atoms with Gasteiger partial charge in [0.25, 0.3) is 10.1 Å². The van der Waals surface area contributed by atoms with Gasteiger partial charge in [-0.2, -0.15) is 8.42 Å². The maximum atomic E-state index is 11.5. The molecule has 0 aromatic heterocycles. The summed E-state index contributed by atoms with van der Waals surface area (Å²) in [6.45, 7) is 3.99. The summed E-state index contributed by atoms with van der Waals surface area (Å²) in [5.74, 6) is 0.388. The van der Waals surface area contributed by atoms with Crippen molar-refractivity contribution in [2.24, 2.45) is 11.3 Å². The van der Waals surface area contributed by atoms with E-state index in [1.165, 1.54) is 0 Å². The highest BCUT2D eigenvalue weighted by Crippen LogP contribution is 2.72. The Labute approximate surface area is 72.2 Å². The molecule has 4 unspecified atom stereocenters. The van der Waals surface area contributed by atoms with Crippen LogP contribution < -0.4 is 0 Å². The van der Waals surface area contributed by atoms with Crippen molar-refractivity contribution in [1.29, 1.82) is 0 Å². The highest BCUT2D eigenvalue weighted by Gasteiger charge is 2.79. The molecule has 3 saturated carbocycles. The lowest BCUT2D eigenvalue weighted by Crippen LogP contribution is -2.47. The van der Waals surface area contributed by atoms with Crippen LogP contribution >= 0.6 is 0 Å². The summed E-state index contributed by atoms with van der Waals surface area (Å²) in [5, 5.41) is -0.185. The first-order valence-corrected chi connectivity index (χ1v) is 5.81. The standard InChI is InChI=1S/C8H12O3S/c1-7-3-5-4-8(7,2)11-12(9,10)6(5)7/h5-6H,3-4H2,1-2H3. The highest BCUT2D eigenvalue weighted by molar-refractivity contribution is 7.87. The Balaban J connectivity index is 2.25. The molecule has 3 aliphatic carbocycles. The molecule has 0 aromatic carbocycles. The summed E-state index contributed by atoms with van der Waals surface area (Å²) in [6.07, 6.45) is 1.97. The van der Waals surface area contributed by atoms with Crippen LogP contribution in [0.5, 0.6) is 0 Å². The molecule has 0 aromatic rings. The van der Waals surface area contributed by atoms with Gasteiger partial charge in [-0.15, -0.1) is 0 Å². The molecule has 68 valence electrons. The smallest absolute Gasteiger partial charge is 0.263 e. The zero-order chi connectivity index (χ0) is 8.78. The van der Waals surface area contributed by atoms with Crippen LogP contribution in [-0.2, 0) is 14.3 Å². The van der Waals surface area contributed by atoms with Crippen LogP contribution in [0.4, 0.5) is 0 Å². The van der Waals surface area contributed by atoms with E-state index >= 15 is 0 Å². The Bertz CT molecular complexity index is 358. The van der Waals surface area contributed by atoms with Gasteiger partial charge >= 0.3 is 0 Å². The normalized spacial score (nSPS) is 64.8. The van der Waals surface area contributed by atoms with Crippen molar-refractivity contribution in [1.82, 2.24) is 0 Å². The molecule has 1 heterocycles.